The van der Waals surface area contributed by atoms with Crippen molar-refractivity contribution < 1.29 is 24.2 Å². The number of hydrogen-bond donors (Lipinski definition) is 2. The molecule has 0 aliphatic carbocycles. The number of rotatable bonds is 5. The quantitative estimate of drug-likeness (QED) is 0.674. The molecule has 180 valence electrons. The van der Waals surface area contributed by atoms with E-state index in [2.05, 4.69) is 4.98 Å². The van der Waals surface area contributed by atoms with Gasteiger partial charge in [-0.25, -0.2) is 9.78 Å². The van der Waals surface area contributed by atoms with Crippen LogP contribution in [0.15, 0.2) is 18.3 Å². The molecule has 4 heterocycles. The van der Waals surface area contributed by atoms with Crippen molar-refractivity contribution in [1.29, 1.82) is 0 Å². The van der Waals surface area contributed by atoms with Crippen LogP contribution in [-0.2, 0) is 17.9 Å². The number of nitrogens with zero attached hydrogens (tertiary/aromatic N) is 3. The largest absolute Gasteiger partial charge is 0.480 e. The number of carbonyl (C=O) groups is 2. The molecule has 1 fully saturated rings. The van der Waals surface area contributed by atoms with E-state index in [1.54, 1.807) is 16.8 Å². The van der Waals surface area contributed by atoms with Crippen LogP contribution in [-0.4, -0.2) is 57.7 Å². The number of fused-ring (bicyclic) bond motifs is 1. The highest BCUT2D eigenvalue weighted by atomic mass is 35.5. The first-order chi connectivity index (χ1) is 15.8. The van der Waals surface area contributed by atoms with Crippen molar-refractivity contribution in [3.8, 4) is 5.88 Å². The van der Waals surface area contributed by atoms with Crippen molar-refractivity contribution in [3.63, 3.8) is 0 Å². The number of likely N-dealkylation sites (tertiary alicyclic amines) is 1. The molecule has 1 amide bonds. The summed E-state index contributed by atoms with van der Waals surface area (Å²) < 4.78 is 12.1. The number of halogens is 1. The molecule has 0 aromatic carbocycles. The number of ether oxygens (including phenoxy) is 2. The Morgan fingerprint density at radius 3 is 2.73 bits per heavy atom. The Bertz CT molecular complexity index is 1010. The Balaban J connectivity index is 0.000000205. The molecule has 0 radical (unpaired) electrons. The molecule has 4 rings (SSSR count). The Hall–Kier alpha value is -2.62. The normalized spacial score (nSPS) is 18.2. The van der Waals surface area contributed by atoms with Gasteiger partial charge in [0.25, 0.3) is 5.91 Å². The van der Waals surface area contributed by atoms with Gasteiger partial charge in [-0.3, -0.25) is 4.79 Å². The third kappa shape index (κ3) is 5.48. The molecular weight excluding hydrogens is 448 g/mol. The minimum Gasteiger partial charge on any atom is -0.480 e. The van der Waals surface area contributed by atoms with Gasteiger partial charge in [0.2, 0.25) is 5.88 Å². The zero-order valence-corrected chi connectivity index (χ0v) is 20.0. The molecule has 0 unspecified atom stereocenters. The van der Waals surface area contributed by atoms with E-state index < -0.39 is 5.97 Å². The number of pyridine rings is 1. The first-order valence-electron chi connectivity index (χ1n) is 11.1. The number of aromatic carboxylic acids is 1. The van der Waals surface area contributed by atoms with Gasteiger partial charge in [0.05, 0.1) is 31.6 Å². The number of hydrogen-bond acceptors (Lipinski definition) is 6. The summed E-state index contributed by atoms with van der Waals surface area (Å²) in [6, 6.07) is 3.51. The Kier molecular flexibility index (Phi) is 8.34. The van der Waals surface area contributed by atoms with Crippen molar-refractivity contribution in [2.45, 2.75) is 58.3 Å². The maximum absolute atomic E-state index is 12.6. The number of carboxylic acid groups (broad SMARTS) is 1. The summed E-state index contributed by atoms with van der Waals surface area (Å²) in [4.78, 5) is 29.8. The van der Waals surface area contributed by atoms with Crippen LogP contribution in [0.5, 0.6) is 5.88 Å². The molecule has 33 heavy (non-hydrogen) atoms. The molecule has 1 saturated heterocycles. The fourth-order valence-corrected chi connectivity index (χ4v) is 4.35. The van der Waals surface area contributed by atoms with E-state index in [9.17, 15) is 14.7 Å². The van der Waals surface area contributed by atoms with Crippen molar-refractivity contribution in [2.75, 3.05) is 20.3 Å². The molecule has 2 aromatic rings. The van der Waals surface area contributed by atoms with Gasteiger partial charge in [-0.15, -0.1) is 0 Å². The summed E-state index contributed by atoms with van der Waals surface area (Å²) in [6.07, 6.45) is 4.58. The lowest BCUT2D eigenvalue weighted by Gasteiger charge is -2.24. The van der Waals surface area contributed by atoms with Gasteiger partial charge in [-0.1, -0.05) is 18.5 Å². The van der Waals surface area contributed by atoms with E-state index in [4.69, 9.17) is 26.8 Å². The minimum atomic E-state index is -1.01. The second-order valence-corrected chi connectivity index (χ2v) is 8.57. The molecule has 3 N–H and O–H groups in total. The minimum absolute atomic E-state index is 0.00379. The lowest BCUT2D eigenvalue weighted by atomic mass is 10.1. The van der Waals surface area contributed by atoms with Crippen molar-refractivity contribution in [1.82, 2.24) is 14.5 Å². The van der Waals surface area contributed by atoms with Crippen LogP contribution in [0.2, 0.25) is 5.02 Å². The molecule has 10 heteroatoms. The summed E-state index contributed by atoms with van der Waals surface area (Å²) in [5.41, 5.74) is 8.01. The first-order valence-corrected chi connectivity index (χ1v) is 11.5. The second kappa shape index (κ2) is 11.0. The molecule has 2 aliphatic heterocycles. The SMILES string of the molecule is CC[C@@H](N)c1cnc(OC)c(Cl)c1.C[C@H]1CCCN1C(=O)c1cc(C(=O)O)c2n1CCOC2. The van der Waals surface area contributed by atoms with Crippen LogP contribution in [0.1, 0.15) is 71.3 Å². The molecular formula is C23H31ClN4O5. The lowest BCUT2D eigenvalue weighted by Crippen LogP contribution is -2.35. The lowest BCUT2D eigenvalue weighted by molar-refractivity contribution is 0.0640. The van der Waals surface area contributed by atoms with Gasteiger partial charge < -0.3 is 29.8 Å². The van der Waals surface area contributed by atoms with E-state index in [1.165, 1.54) is 13.2 Å². The molecule has 0 saturated carbocycles. The van der Waals surface area contributed by atoms with Crippen LogP contribution in [0.25, 0.3) is 0 Å². The number of aromatic nitrogens is 2. The highest BCUT2D eigenvalue weighted by Gasteiger charge is 2.31. The van der Waals surface area contributed by atoms with Crippen LogP contribution in [0.3, 0.4) is 0 Å². The first kappa shape index (κ1) is 25.0. The molecule has 2 atom stereocenters. The standard InChI is InChI=1S/C14H18N2O4.C9H13ClN2O/c1-9-3-2-4-15(9)13(17)11-7-10(14(18)19)12-8-20-6-5-16(11)12;1-3-8(11)6-4-7(10)9(13-2)12-5-6/h7,9H,2-6,8H2,1H3,(H,18,19);4-5,8H,3,11H2,1-2H3/t9-;8-/m01/s1. The van der Waals surface area contributed by atoms with Gasteiger partial charge in [0.1, 0.15) is 10.7 Å². The van der Waals surface area contributed by atoms with Crippen molar-refractivity contribution in [2.24, 2.45) is 5.73 Å². The predicted molar refractivity (Wildman–Crippen MR) is 124 cm³/mol. The Labute approximate surface area is 198 Å². The summed E-state index contributed by atoms with van der Waals surface area (Å²) in [7, 11) is 1.54. The van der Waals surface area contributed by atoms with E-state index in [0.29, 0.717) is 35.4 Å². The number of carboxylic acids is 1. The van der Waals surface area contributed by atoms with Crippen LogP contribution in [0, 0.1) is 0 Å². The zero-order chi connectivity index (χ0) is 24.1. The summed E-state index contributed by atoms with van der Waals surface area (Å²) in [6.45, 7) is 6.10. The van der Waals surface area contributed by atoms with Crippen LogP contribution >= 0.6 is 11.6 Å². The topological polar surface area (TPSA) is 120 Å². The van der Waals surface area contributed by atoms with Gasteiger partial charge in [0.15, 0.2) is 0 Å². The molecule has 2 aromatic heterocycles. The smallest absolute Gasteiger partial charge is 0.337 e. The third-order valence-electron chi connectivity index (χ3n) is 6.06. The second-order valence-electron chi connectivity index (χ2n) is 8.16. The summed E-state index contributed by atoms with van der Waals surface area (Å²) in [5, 5.41) is 9.76. The number of carbonyl (C=O) groups excluding carboxylic acids is 1. The van der Waals surface area contributed by atoms with Gasteiger partial charge in [-0.05, 0) is 43.9 Å². The van der Waals surface area contributed by atoms with E-state index >= 15 is 0 Å². The maximum atomic E-state index is 12.6. The number of nitrogens with two attached hydrogens (primary N) is 1. The van der Waals surface area contributed by atoms with Crippen LogP contribution in [0.4, 0.5) is 0 Å². The number of methoxy groups -OCH3 is 1. The highest BCUT2D eigenvalue weighted by Crippen LogP contribution is 2.26. The van der Waals surface area contributed by atoms with Crippen molar-refractivity contribution >= 4 is 23.5 Å². The van der Waals surface area contributed by atoms with Gasteiger partial charge in [0, 0.05) is 31.4 Å². The highest BCUT2D eigenvalue weighted by molar-refractivity contribution is 6.31. The molecule has 0 bridgehead atoms. The third-order valence-corrected chi connectivity index (χ3v) is 6.33. The number of amides is 1. The van der Waals surface area contributed by atoms with E-state index in [-0.39, 0.29) is 30.2 Å². The van der Waals surface area contributed by atoms with Crippen LogP contribution < -0.4 is 10.5 Å². The molecule has 9 nitrogen and oxygen atoms in total. The Morgan fingerprint density at radius 1 is 1.39 bits per heavy atom. The fourth-order valence-electron chi connectivity index (χ4n) is 4.10. The monoisotopic (exact) mass is 478 g/mol. The molecule has 0 spiro atoms. The average molecular weight is 479 g/mol. The zero-order valence-electron chi connectivity index (χ0n) is 19.2. The Morgan fingerprint density at radius 2 is 2.15 bits per heavy atom. The summed E-state index contributed by atoms with van der Waals surface area (Å²) >= 11 is 5.89. The van der Waals surface area contributed by atoms with E-state index in [1.807, 2.05) is 18.7 Å². The average Bonchev–Trinajstić information content (AvgIpc) is 3.42. The fraction of sp³-hybridized carbons (Fsp3) is 0.522. The van der Waals surface area contributed by atoms with E-state index in [0.717, 1.165) is 31.4 Å². The van der Waals surface area contributed by atoms with Gasteiger partial charge >= 0.3 is 5.97 Å². The summed E-state index contributed by atoms with van der Waals surface area (Å²) in [5.74, 6) is -0.632. The van der Waals surface area contributed by atoms with Crippen molar-refractivity contribution in [3.05, 3.63) is 45.9 Å². The molecule has 2 aliphatic rings. The van der Waals surface area contributed by atoms with Gasteiger partial charge in [-0.2, -0.15) is 0 Å². The predicted octanol–water partition coefficient (Wildman–Crippen LogP) is 3.49. The maximum Gasteiger partial charge on any atom is 0.337 e.